The smallest absolute Gasteiger partial charge is 0.322 e. The maximum absolute atomic E-state index is 12.4. The van der Waals surface area contributed by atoms with Gasteiger partial charge < -0.3 is 9.40 Å². The minimum Gasteiger partial charge on any atom is -0.402 e. The van der Waals surface area contributed by atoms with Crippen molar-refractivity contribution in [1.29, 1.82) is 0 Å². The molecule has 3 heterocycles. The van der Waals surface area contributed by atoms with E-state index in [0.29, 0.717) is 15.8 Å². The normalized spacial score (nSPS) is 11.0. The third-order valence-electron chi connectivity index (χ3n) is 3.26. The van der Waals surface area contributed by atoms with Crippen LogP contribution in [0.1, 0.15) is 10.4 Å². The number of amides is 1. The number of hydrogen-bond acceptors (Lipinski definition) is 5. The van der Waals surface area contributed by atoms with E-state index in [4.69, 9.17) is 16.0 Å². The number of aromatic amines is 1. The Morgan fingerprint density at radius 3 is 2.91 bits per heavy atom. The SMILES string of the molecule is O=C(Nc1nnc(-c2ccc(Cl)s2)o1)c1c[nH]c2ccccc12. The maximum atomic E-state index is 12.4. The Labute approximate surface area is 139 Å². The number of anilines is 1. The number of nitrogens with zero attached hydrogens (tertiary/aromatic N) is 2. The van der Waals surface area contributed by atoms with E-state index < -0.39 is 0 Å². The van der Waals surface area contributed by atoms with Crippen molar-refractivity contribution in [2.24, 2.45) is 0 Å². The molecule has 1 amide bonds. The first-order valence-corrected chi connectivity index (χ1v) is 7.87. The first-order chi connectivity index (χ1) is 11.2. The van der Waals surface area contributed by atoms with Crippen molar-refractivity contribution in [3.63, 3.8) is 0 Å². The molecular formula is C15H9ClN4O2S. The summed E-state index contributed by atoms with van der Waals surface area (Å²) < 4.78 is 6.08. The number of rotatable bonds is 3. The molecule has 4 rings (SSSR count). The van der Waals surface area contributed by atoms with Gasteiger partial charge in [-0.25, -0.2) is 0 Å². The Morgan fingerprint density at radius 1 is 1.22 bits per heavy atom. The van der Waals surface area contributed by atoms with Gasteiger partial charge in [-0.3, -0.25) is 10.1 Å². The number of H-pyrrole nitrogens is 1. The molecule has 0 aliphatic rings. The van der Waals surface area contributed by atoms with Crippen molar-refractivity contribution in [3.8, 4) is 10.8 Å². The summed E-state index contributed by atoms with van der Waals surface area (Å²) in [6, 6.07) is 11.1. The summed E-state index contributed by atoms with van der Waals surface area (Å²) in [5.74, 6) is -0.00186. The van der Waals surface area contributed by atoms with Crippen LogP contribution in [-0.4, -0.2) is 21.1 Å². The van der Waals surface area contributed by atoms with Gasteiger partial charge in [0.1, 0.15) is 0 Å². The van der Waals surface area contributed by atoms with Gasteiger partial charge in [-0.05, 0) is 18.2 Å². The molecule has 8 heteroatoms. The summed E-state index contributed by atoms with van der Waals surface area (Å²) in [4.78, 5) is 16.2. The second-order valence-corrected chi connectivity index (χ2v) is 6.43. The van der Waals surface area contributed by atoms with Crippen molar-refractivity contribution in [3.05, 3.63) is 52.5 Å². The minimum atomic E-state index is -0.318. The number of carbonyl (C=O) groups is 1. The van der Waals surface area contributed by atoms with Gasteiger partial charge >= 0.3 is 6.01 Å². The van der Waals surface area contributed by atoms with Crippen molar-refractivity contribution in [2.45, 2.75) is 0 Å². The monoisotopic (exact) mass is 344 g/mol. The maximum Gasteiger partial charge on any atom is 0.322 e. The molecule has 0 saturated heterocycles. The highest BCUT2D eigenvalue weighted by Gasteiger charge is 2.16. The number of halogens is 1. The highest BCUT2D eigenvalue weighted by molar-refractivity contribution is 7.19. The number of para-hydroxylation sites is 1. The lowest BCUT2D eigenvalue weighted by atomic mass is 10.2. The van der Waals surface area contributed by atoms with Crippen LogP contribution in [0.3, 0.4) is 0 Å². The molecule has 114 valence electrons. The molecule has 4 aromatic rings. The summed E-state index contributed by atoms with van der Waals surface area (Å²) in [7, 11) is 0. The van der Waals surface area contributed by atoms with Gasteiger partial charge in [-0.15, -0.1) is 16.4 Å². The summed E-state index contributed by atoms with van der Waals surface area (Å²) >= 11 is 7.20. The van der Waals surface area contributed by atoms with Crippen LogP contribution in [-0.2, 0) is 0 Å². The molecule has 0 saturated carbocycles. The third kappa shape index (κ3) is 2.60. The van der Waals surface area contributed by atoms with Gasteiger partial charge in [0.05, 0.1) is 14.8 Å². The molecule has 0 radical (unpaired) electrons. The summed E-state index contributed by atoms with van der Waals surface area (Å²) in [5.41, 5.74) is 1.40. The first-order valence-electron chi connectivity index (χ1n) is 6.67. The summed E-state index contributed by atoms with van der Waals surface area (Å²) in [6.07, 6.45) is 1.65. The molecular weight excluding hydrogens is 336 g/mol. The van der Waals surface area contributed by atoms with E-state index >= 15 is 0 Å². The van der Waals surface area contributed by atoms with Crippen molar-refractivity contribution < 1.29 is 9.21 Å². The van der Waals surface area contributed by atoms with E-state index in [1.54, 1.807) is 18.3 Å². The number of nitrogens with one attached hydrogen (secondary N) is 2. The quantitative estimate of drug-likeness (QED) is 0.583. The van der Waals surface area contributed by atoms with Gasteiger partial charge in [0, 0.05) is 17.1 Å². The zero-order valence-electron chi connectivity index (χ0n) is 11.5. The Balaban J connectivity index is 1.58. The highest BCUT2D eigenvalue weighted by atomic mass is 35.5. The zero-order chi connectivity index (χ0) is 15.8. The Hall–Kier alpha value is -2.64. The third-order valence-corrected chi connectivity index (χ3v) is 4.48. The number of carbonyl (C=O) groups excluding carboxylic acids is 1. The lowest BCUT2D eigenvalue weighted by Gasteiger charge is -1.98. The van der Waals surface area contributed by atoms with Gasteiger partial charge in [-0.1, -0.05) is 34.9 Å². The zero-order valence-corrected chi connectivity index (χ0v) is 13.1. The van der Waals surface area contributed by atoms with E-state index in [-0.39, 0.29) is 11.9 Å². The molecule has 1 aromatic carbocycles. The molecule has 6 nitrogen and oxygen atoms in total. The number of aromatic nitrogens is 3. The van der Waals surface area contributed by atoms with E-state index in [1.807, 2.05) is 24.3 Å². The predicted octanol–water partition coefficient (Wildman–Crippen LogP) is 4.19. The Morgan fingerprint density at radius 2 is 2.09 bits per heavy atom. The fraction of sp³-hybridized carbons (Fsp3) is 0. The molecule has 0 fully saturated rings. The topological polar surface area (TPSA) is 83.8 Å². The van der Waals surface area contributed by atoms with Gasteiger partial charge in [0.25, 0.3) is 11.8 Å². The largest absolute Gasteiger partial charge is 0.402 e. The summed E-state index contributed by atoms with van der Waals surface area (Å²) in [5, 5.41) is 11.2. The predicted molar refractivity (Wildman–Crippen MR) is 88.9 cm³/mol. The Bertz CT molecular complexity index is 1000. The van der Waals surface area contributed by atoms with Crippen molar-refractivity contribution in [1.82, 2.24) is 15.2 Å². The van der Waals surface area contributed by atoms with Crippen LogP contribution in [0.25, 0.3) is 21.7 Å². The lowest BCUT2D eigenvalue weighted by Crippen LogP contribution is -2.11. The van der Waals surface area contributed by atoms with E-state index in [1.165, 1.54) is 11.3 Å². The first kappa shape index (κ1) is 14.0. The fourth-order valence-corrected chi connectivity index (χ4v) is 3.19. The van der Waals surface area contributed by atoms with Crippen LogP contribution in [0.4, 0.5) is 6.01 Å². The summed E-state index contributed by atoms with van der Waals surface area (Å²) in [6.45, 7) is 0. The van der Waals surface area contributed by atoms with Crippen LogP contribution in [0, 0.1) is 0 Å². The second kappa shape index (κ2) is 5.53. The molecule has 0 aliphatic carbocycles. The number of benzene rings is 1. The molecule has 0 bridgehead atoms. The molecule has 23 heavy (non-hydrogen) atoms. The van der Waals surface area contributed by atoms with Gasteiger partial charge in [0.2, 0.25) is 0 Å². The molecule has 0 atom stereocenters. The average molecular weight is 345 g/mol. The lowest BCUT2D eigenvalue weighted by molar-refractivity contribution is 0.102. The fourth-order valence-electron chi connectivity index (χ4n) is 2.23. The van der Waals surface area contributed by atoms with Crippen LogP contribution < -0.4 is 5.32 Å². The standard InChI is InChI=1S/C15H9ClN4O2S/c16-12-6-5-11(23-12)14-19-20-15(22-14)18-13(21)9-7-17-10-4-2-1-3-8(9)10/h1-7,17H,(H,18,20,21). The number of fused-ring (bicyclic) bond motifs is 1. The molecule has 0 spiro atoms. The van der Waals surface area contributed by atoms with Crippen LogP contribution >= 0.6 is 22.9 Å². The van der Waals surface area contributed by atoms with Crippen LogP contribution in [0.15, 0.2) is 47.0 Å². The molecule has 0 aliphatic heterocycles. The van der Waals surface area contributed by atoms with E-state index in [0.717, 1.165) is 15.8 Å². The highest BCUT2D eigenvalue weighted by Crippen LogP contribution is 2.30. The molecule has 0 unspecified atom stereocenters. The number of thiophene rings is 1. The van der Waals surface area contributed by atoms with Crippen LogP contribution in [0.2, 0.25) is 4.34 Å². The number of hydrogen-bond donors (Lipinski definition) is 2. The van der Waals surface area contributed by atoms with Crippen molar-refractivity contribution in [2.75, 3.05) is 5.32 Å². The van der Waals surface area contributed by atoms with Crippen molar-refractivity contribution >= 4 is 45.8 Å². The second-order valence-electron chi connectivity index (χ2n) is 4.72. The van der Waals surface area contributed by atoms with Crippen LogP contribution in [0.5, 0.6) is 0 Å². The van der Waals surface area contributed by atoms with E-state index in [2.05, 4.69) is 20.5 Å². The minimum absolute atomic E-state index is 0.0415. The average Bonchev–Trinajstić information content (AvgIpc) is 3.25. The molecule has 2 N–H and O–H groups in total. The van der Waals surface area contributed by atoms with Gasteiger partial charge in [-0.2, -0.15) is 0 Å². The molecule has 3 aromatic heterocycles. The Kier molecular flexibility index (Phi) is 3.36. The van der Waals surface area contributed by atoms with E-state index in [9.17, 15) is 4.79 Å². The van der Waals surface area contributed by atoms with Gasteiger partial charge in [0.15, 0.2) is 0 Å².